The number of hydrogen-bond donors (Lipinski definition) is 1. The normalized spacial score (nSPS) is 18.1. The van der Waals surface area contributed by atoms with E-state index >= 15 is 0 Å². The Morgan fingerprint density at radius 3 is 2.80 bits per heavy atom. The lowest BCUT2D eigenvalue weighted by Gasteiger charge is -2.31. The summed E-state index contributed by atoms with van der Waals surface area (Å²) in [7, 11) is 1.67. The maximum absolute atomic E-state index is 12.5. The Kier molecular flexibility index (Phi) is 8.67. The van der Waals surface area contributed by atoms with Crippen LogP contribution >= 0.6 is 0 Å². The number of nitriles is 1. The van der Waals surface area contributed by atoms with Crippen LogP contribution in [0.2, 0.25) is 0 Å². The van der Waals surface area contributed by atoms with Gasteiger partial charge in [0.1, 0.15) is 11.6 Å². The van der Waals surface area contributed by atoms with Gasteiger partial charge in [-0.15, -0.1) is 0 Å². The highest BCUT2D eigenvalue weighted by atomic mass is 16.5. The number of nitrogens with zero attached hydrogens (tertiary/aromatic N) is 3. The van der Waals surface area contributed by atoms with E-state index in [4.69, 9.17) is 4.74 Å². The molecule has 2 unspecified atom stereocenters. The first kappa shape index (κ1) is 23.7. The van der Waals surface area contributed by atoms with Gasteiger partial charge < -0.3 is 19.5 Å². The van der Waals surface area contributed by atoms with Crippen LogP contribution in [0.25, 0.3) is 6.08 Å². The monoisotopic (exact) mass is 414 g/mol. The zero-order chi connectivity index (χ0) is 22.3. The number of ether oxygens (including phenoxy) is 1. The van der Waals surface area contributed by atoms with Crippen molar-refractivity contribution in [3.8, 4) is 6.07 Å². The molecule has 2 atom stereocenters. The SMILES string of the molecule is COCC(C)n1c(C)cc(/C=C(/C#N)C(=O)NCCC(=O)N2CCCC(C)C2)c1C. The third-order valence-electron chi connectivity index (χ3n) is 5.67. The number of carbonyl (C=O) groups is 2. The Hall–Kier alpha value is -2.59. The molecule has 7 nitrogen and oxygen atoms in total. The van der Waals surface area contributed by atoms with Crippen molar-refractivity contribution in [1.29, 1.82) is 5.26 Å². The Morgan fingerprint density at radius 2 is 2.17 bits per heavy atom. The number of aryl methyl sites for hydroxylation is 1. The molecule has 2 rings (SSSR count). The number of amides is 2. The molecule has 0 saturated carbocycles. The van der Waals surface area contributed by atoms with E-state index in [2.05, 4.69) is 23.7 Å². The fraction of sp³-hybridized carbons (Fsp3) is 0.609. The van der Waals surface area contributed by atoms with E-state index in [1.807, 2.05) is 30.9 Å². The minimum absolute atomic E-state index is 0.0358. The molecule has 0 radical (unpaired) electrons. The summed E-state index contributed by atoms with van der Waals surface area (Å²) in [5.41, 5.74) is 2.89. The molecular formula is C23H34N4O3. The van der Waals surface area contributed by atoms with Gasteiger partial charge in [-0.2, -0.15) is 5.26 Å². The van der Waals surface area contributed by atoms with Gasteiger partial charge in [0.25, 0.3) is 5.91 Å². The molecule has 1 aliphatic rings. The second-order valence-corrected chi connectivity index (χ2v) is 8.26. The molecule has 1 fully saturated rings. The summed E-state index contributed by atoms with van der Waals surface area (Å²) in [5.74, 6) is 0.128. The minimum atomic E-state index is -0.452. The number of methoxy groups -OCH3 is 1. The zero-order valence-electron chi connectivity index (χ0n) is 18.8. The number of piperidine rings is 1. The van der Waals surface area contributed by atoms with Crippen molar-refractivity contribution in [2.24, 2.45) is 5.92 Å². The highest BCUT2D eigenvalue weighted by Crippen LogP contribution is 2.23. The van der Waals surface area contributed by atoms with Crippen LogP contribution in [-0.2, 0) is 14.3 Å². The van der Waals surface area contributed by atoms with Gasteiger partial charge in [0.15, 0.2) is 0 Å². The number of likely N-dealkylation sites (tertiary alicyclic amines) is 1. The molecule has 1 aromatic rings. The van der Waals surface area contributed by atoms with Gasteiger partial charge in [-0.25, -0.2) is 0 Å². The molecule has 30 heavy (non-hydrogen) atoms. The van der Waals surface area contributed by atoms with Crippen LogP contribution in [0.5, 0.6) is 0 Å². The topological polar surface area (TPSA) is 87.4 Å². The second kappa shape index (κ2) is 11.0. The maximum Gasteiger partial charge on any atom is 0.261 e. The van der Waals surface area contributed by atoms with E-state index in [9.17, 15) is 14.9 Å². The number of nitrogens with one attached hydrogen (secondary N) is 1. The number of rotatable bonds is 8. The molecular weight excluding hydrogens is 380 g/mol. The van der Waals surface area contributed by atoms with E-state index in [0.29, 0.717) is 12.5 Å². The molecule has 7 heteroatoms. The second-order valence-electron chi connectivity index (χ2n) is 8.26. The predicted molar refractivity (Wildman–Crippen MR) is 117 cm³/mol. The van der Waals surface area contributed by atoms with E-state index in [1.54, 1.807) is 13.2 Å². The third kappa shape index (κ3) is 5.96. The molecule has 164 valence electrons. The Bertz CT molecular complexity index is 834. The van der Waals surface area contributed by atoms with Gasteiger partial charge in [0.05, 0.1) is 12.6 Å². The Morgan fingerprint density at radius 1 is 1.43 bits per heavy atom. The first-order valence-electron chi connectivity index (χ1n) is 10.6. The summed E-state index contributed by atoms with van der Waals surface area (Å²) >= 11 is 0. The van der Waals surface area contributed by atoms with Crippen molar-refractivity contribution >= 4 is 17.9 Å². The van der Waals surface area contributed by atoms with Gasteiger partial charge in [0, 0.05) is 44.6 Å². The summed E-state index contributed by atoms with van der Waals surface area (Å²) in [6, 6.07) is 4.11. The molecule has 0 bridgehead atoms. The number of carbonyl (C=O) groups excluding carboxylic acids is 2. The third-order valence-corrected chi connectivity index (χ3v) is 5.67. The summed E-state index contributed by atoms with van der Waals surface area (Å²) < 4.78 is 7.39. The lowest BCUT2D eigenvalue weighted by Crippen LogP contribution is -2.40. The first-order chi connectivity index (χ1) is 14.3. The lowest BCUT2D eigenvalue weighted by atomic mass is 10.00. The molecule has 1 aromatic heterocycles. The highest BCUT2D eigenvalue weighted by molar-refractivity contribution is 6.02. The fourth-order valence-corrected chi connectivity index (χ4v) is 4.20. The summed E-state index contributed by atoms with van der Waals surface area (Å²) in [4.78, 5) is 26.7. The van der Waals surface area contributed by atoms with Crippen LogP contribution in [0.15, 0.2) is 11.6 Å². The van der Waals surface area contributed by atoms with Crippen molar-refractivity contribution in [2.75, 3.05) is 33.4 Å². The lowest BCUT2D eigenvalue weighted by molar-refractivity contribution is -0.132. The van der Waals surface area contributed by atoms with Crippen molar-refractivity contribution in [2.45, 2.75) is 53.0 Å². The van der Waals surface area contributed by atoms with Crippen LogP contribution in [0, 0.1) is 31.1 Å². The van der Waals surface area contributed by atoms with Crippen LogP contribution in [0.1, 0.15) is 56.1 Å². The van der Waals surface area contributed by atoms with Gasteiger partial charge in [0.2, 0.25) is 5.91 Å². The zero-order valence-corrected chi connectivity index (χ0v) is 18.8. The van der Waals surface area contributed by atoms with Crippen molar-refractivity contribution in [1.82, 2.24) is 14.8 Å². The summed E-state index contributed by atoms with van der Waals surface area (Å²) in [6.07, 6.45) is 4.05. The standard InChI is InChI=1S/C23H34N4O3/c1-16-7-6-10-26(14-16)22(28)8-9-25-23(29)21(13-24)12-20-11-17(2)27(19(20)4)18(3)15-30-5/h11-12,16,18H,6-10,14-15H2,1-5H3,(H,25,29)/b21-12-. The average Bonchev–Trinajstić information content (AvgIpc) is 2.99. The largest absolute Gasteiger partial charge is 0.383 e. The molecule has 1 N–H and O–H groups in total. The van der Waals surface area contributed by atoms with Crippen LogP contribution in [0.4, 0.5) is 0 Å². The molecule has 2 amide bonds. The summed E-state index contributed by atoms with van der Waals surface area (Å²) in [5, 5.41) is 12.2. The molecule has 0 aliphatic carbocycles. The smallest absolute Gasteiger partial charge is 0.261 e. The Labute approximate surface area is 179 Å². The number of aromatic nitrogens is 1. The molecule has 1 aliphatic heterocycles. The molecule has 0 spiro atoms. The molecule has 2 heterocycles. The minimum Gasteiger partial charge on any atom is -0.383 e. The van der Waals surface area contributed by atoms with Crippen LogP contribution in [-0.4, -0.2) is 54.6 Å². The number of hydrogen-bond acceptors (Lipinski definition) is 4. The molecule has 1 saturated heterocycles. The maximum atomic E-state index is 12.5. The highest BCUT2D eigenvalue weighted by Gasteiger charge is 2.21. The van der Waals surface area contributed by atoms with Crippen LogP contribution in [0.3, 0.4) is 0 Å². The van der Waals surface area contributed by atoms with E-state index in [0.717, 1.165) is 42.9 Å². The van der Waals surface area contributed by atoms with Gasteiger partial charge in [-0.05, 0) is 57.2 Å². The van der Waals surface area contributed by atoms with E-state index in [-0.39, 0.29) is 30.5 Å². The average molecular weight is 415 g/mol. The van der Waals surface area contributed by atoms with Gasteiger partial charge in [-0.3, -0.25) is 9.59 Å². The Balaban J connectivity index is 1.99. The quantitative estimate of drug-likeness (QED) is 0.523. The van der Waals surface area contributed by atoms with Gasteiger partial charge >= 0.3 is 0 Å². The van der Waals surface area contributed by atoms with E-state index < -0.39 is 5.91 Å². The van der Waals surface area contributed by atoms with Crippen molar-refractivity contribution in [3.63, 3.8) is 0 Å². The van der Waals surface area contributed by atoms with E-state index in [1.165, 1.54) is 0 Å². The predicted octanol–water partition coefficient (Wildman–Crippen LogP) is 2.98. The van der Waals surface area contributed by atoms with Crippen molar-refractivity contribution < 1.29 is 14.3 Å². The van der Waals surface area contributed by atoms with Crippen molar-refractivity contribution in [3.05, 3.63) is 28.6 Å². The van der Waals surface area contributed by atoms with Gasteiger partial charge in [-0.1, -0.05) is 6.92 Å². The van der Waals surface area contributed by atoms with Crippen LogP contribution < -0.4 is 5.32 Å². The fourth-order valence-electron chi connectivity index (χ4n) is 4.20. The first-order valence-corrected chi connectivity index (χ1v) is 10.6. The summed E-state index contributed by atoms with van der Waals surface area (Å²) in [6.45, 7) is 10.6. The molecule has 0 aromatic carbocycles.